The van der Waals surface area contributed by atoms with Crippen LogP contribution in [0, 0.1) is 0 Å². The molecule has 3 nitrogen and oxygen atoms in total. The van der Waals surface area contributed by atoms with E-state index in [1.165, 1.54) is 0 Å². The molecule has 0 saturated carbocycles. The van der Waals surface area contributed by atoms with Crippen LogP contribution in [0.3, 0.4) is 0 Å². The molecule has 0 bridgehead atoms. The highest BCUT2D eigenvalue weighted by Crippen LogP contribution is 2.16. The predicted octanol–water partition coefficient (Wildman–Crippen LogP) is 0.584. The van der Waals surface area contributed by atoms with Gasteiger partial charge < -0.3 is 9.80 Å². The second-order valence-electron chi connectivity index (χ2n) is 3.46. The Morgan fingerprint density at radius 3 is 2.75 bits per heavy atom. The van der Waals surface area contributed by atoms with Gasteiger partial charge in [0.05, 0.1) is 6.54 Å². The zero-order chi connectivity index (χ0) is 9.14. The van der Waals surface area contributed by atoms with Crippen LogP contribution in [0.1, 0.15) is 6.42 Å². The summed E-state index contributed by atoms with van der Waals surface area (Å²) in [6.45, 7) is 2.43. The second-order valence-corrected chi connectivity index (χ2v) is 5.23. The third-order valence-electron chi connectivity index (χ3n) is 1.93. The zero-order valence-electron chi connectivity index (χ0n) is 7.59. The summed E-state index contributed by atoms with van der Waals surface area (Å²) in [5.41, 5.74) is 0. The van der Waals surface area contributed by atoms with Crippen molar-refractivity contribution in [2.24, 2.45) is 0 Å². The minimum Gasteiger partial charge on any atom is -0.340 e. The molecule has 0 aliphatic carbocycles. The fraction of sp³-hybridized carbons (Fsp3) is 0.875. The van der Waals surface area contributed by atoms with Crippen molar-refractivity contribution in [3.05, 3.63) is 0 Å². The molecule has 4 heteroatoms. The van der Waals surface area contributed by atoms with E-state index in [4.69, 9.17) is 0 Å². The molecule has 1 amide bonds. The number of rotatable bonds is 2. The van der Waals surface area contributed by atoms with Gasteiger partial charge in [0.2, 0.25) is 5.91 Å². The Morgan fingerprint density at radius 2 is 2.33 bits per heavy atom. The van der Waals surface area contributed by atoms with Crippen LogP contribution in [-0.2, 0) is 4.79 Å². The van der Waals surface area contributed by atoms with Crippen molar-refractivity contribution in [1.29, 1.82) is 0 Å². The smallest absolute Gasteiger partial charge is 0.236 e. The molecule has 1 atom stereocenters. The Morgan fingerprint density at radius 1 is 1.67 bits per heavy atom. The van der Waals surface area contributed by atoms with Gasteiger partial charge >= 0.3 is 0 Å². The van der Waals surface area contributed by atoms with Crippen LogP contribution in [0.5, 0.6) is 0 Å². The largest absolute Gasteiger partial charge is 0.340 e. The van der Waals surface area contributed by atoms with E-state index in [0.717, 1.165) is 19.5 Å². The van der Waals surface area contributed by atoms with E-state index >= 15 is 0 Å². The maximum absolute atomic E-state index is 11.5. The van der Waals surface area contributed by atoms with Crippen LogP contribution < -0.4 is 0 Å². The number of halogens is 1. The molecular weight excluding hydrogens is 267 g/mol. The normalized spacial score (nSPS) is 23.7. The monoisotopic (exact) mass is 282 g/mol. The summed E-state index contributed by atoms with van der Waals surface area (Å²) in [7, 11) is 3.85. The first kappa shape index (κ1) is 10.2. The van der Waals surface area contributed by atoms with Crippen molar-refractivity contribution in [2.75, 3.05) is 33.7 Å². The average molecular weight is 282 g/mol. The molecule has 70 valence electrons. The molecule has 0 aromatic rings. The van der Waals surface area contributed by atoms with E-state index in [0.29, 0.717) is 10.5 Å². The lowest BCUT2D eigenvalue weighted by molar-refractivity contribution is -0.130. The minimum atomic E-state index is 0.263. The summed E-state index contributed by atoms with van der Waals surface area (Å²) in [6.07, 6.45) is 1.15. The lowest BCUT2D eigenvalue weighted by atomic mass is 10.4. The van der Waals surface area contributed by atoms with Crippen LogP contribution in [-0.4, -0.2) is 53.4 Å². The number of hydrogen-bond donors (Lipinski definition) is 0. The first-order valence-corrected chi connectivity index (χ1v) is 5.40. The number of likely N-dealkylation sites (N-methyl/N-ethyl adjacent to an activating group) is 1. The van der Waals surface area contributed by atoms with Gasteiger partial charge in [-0.25, -0.2) is 0 Å². The first-order valence-electron chi connectivity index (χ1n) is 4.16. The summed E-state index contributed by atoms with van der Waals surface area (Å²) in [4.78, 5) is 15.4. The summed E-state index contributed by atoms with van der Waals surface area (Å²) >= 11 is 2.41. The Kier molecular flexibility index (Phi) is 3.77. The maximum Gasteiger partial charge on any atom is 0.236 e. The quantitative estimate of drug-likeness (QED) is 0.546. The number of amides is 1. The topological polar surface area (TPSA) is 23.6 Å². The Hall–Kier alpha value is 0.160. The molecule has 0 N–H and O–H groups in total. The van der Waals surface area contributed by atoms with Crippen molar-refractivity contribution < 1.29 is 4.79 Å². The van der Waals surface area contributed by atoms with Gasteiger partial charge in [0.15, 0.2) is 0 Å². The van der Waals surface area contributed by atoms with Crippen LogP contribution in [0.2, 0.25) is 0 Å². The van der Waals surface area contributed by atoms with E-state index in [-0.39, 0.29) is 5.91 Å². The number of hydrogen-bond acceptors (Lipinski definition) is 2. The predicted molar refractivity (Wildman–Crippen MR) is 57.6 cm³/mol. The zero-order valence-corrected chi connectivity index (χ0v) is 9.74. The fourth-order valence-corrected chi connectivity index (χ4v) is 2.07. The summed E-state index contributed by atoms with van der Waals surface area (Å²) in [5.74, 6) is 0.263. The third-order valence-corrected chi connectivity index (χ3v) is 2.95. The number of nitrogens with zero attached hydrogens (tertiary/aromatic N) is 2. The highest BCUT2D eigenvalue weighted by molar-refractivity contribution is 14.1. The van der Waals surface area contributed by atoms with Gasteiger partial charge in [0.1, 0.15) is 0 Å². The highest BCUT2D eigenvalue weighted by atomic mass is 127. The van der Waals surface area contributed by atoms with E-state index < -0.39 is 0 Å². The molecule has 1 aliphatic rings. The van der Waals surface area contributed by atoms with Gasteiger partial charge in [-0.3, -0.25) is 4.79 Å². The Bertz CT molecular complexity index is 172. The van der Waals surface area contributed by atoms with Gasteiger partial charge in [0.25, 0.3) is 0 Å². The number of carbonyl (C=O) groups is 1. The number of alkyl halides is 1. The molecular formula is C8H15IN2O. The lowest BCUT2D eigenvalue weighted by Gasteiger charge is -2.18. The van der Waals surface area contributed by atoms with Crippen molar-refractivity contribution >= 4 is 28.5 Å². The van der Waals surface area contributed by atoms with E-state index in [1.54, 1.807) is 0 Å². The molecule has 1 heterocycles. The number of carbonyl (C=O) groups excluding carboxylic acids is 1. The van der Waals surface area contributed by atoms with Crippen molar-refractivity contribution in [2.45, 2.75) is 10.3 Å². The fourth-order valence-electron chi connectivity index (χ4n) is 1.31. The van der Waals surface area contributed by atoms with E-state index in [9.17, 15) is 4.79 Å². The van der Waals surface area contributed by atoms with E-state index in [2.05, 4.69) is 22.6 Å². The van der Waals surface area contributed by atoms with Crippen molar-refractivity contribution in [3.63, 3.8) is 0 Å². The van der Waals surface area contributed by atoms with Crippen molar-refractivity contribution in [1.82, 2.24) is 9.80 Å². The summed E-state index contributed by atoms with van der Waals surface area (Å²) in [5, 5.41) is 0. The van der Waals surface area contributed by atoms with Crippen LogP contribution in [0.4, 0.5) is 0 Å². The SMILES string of the molecule is CN(C)CC(=O)N1CC[C@H](I)C1. The van der Waals surface area contributed by atoms with Gasteiger partial charge in [-0.1, -0.05) is 22.6 Å². The average Bonchev–Trinajstić information content (AvgIpc) is 2.34. The summed E-state index contributed by atoms with van der Waals surface area (Å²) in [6, 6.07) is 0. The molecule has 1 aliphatic heterocycles. The Balaban J connectivity index is 2.33. The standard InChI is InChI=1S/C8H15IN2O/c1-10(2)6-8(12)11-4-3-7(9)5-11/h7H,3-6H2,1-2H3/t7-/m0/s1. The highest BCUT2D eigenvalue weighted by Gasteiger charge is 2.23. The Labute approximate surface area is 87.2 Å². The maximum atomic E-state index is 11.5. The van der Waals surface area contributed by atoms with Crippen LogP contribution in [0.15, 0.2) is 0 Å². The van der Waals surface area contributed by atoms with E-state index in [1.807, 2.05) is 23.9 Å². The lowest BCUT2D eigenvalue weighted by Crippen LogP contribution is -2.36. The minimum absolute atomic E-state index is 0.263. The van der Waals surface area contributed by atoms with Crippen LogP contribution in [0.25, 0.3) is 0 Å². The molecule has 1 saturated heterocycles. The van der Waals surface area contributed by atoms with Crippen LogP contribution >= 0.6 is 22.6 Å². The van der Waals surface area contributed by atoms with Gasteiger partial charge in [-0.15, -0.1) is 0 Å². The first-order chi connectivity index (χ1) is 5.59. The molecule has 0 radical (unpaired) electrons. The molecule has 1 fully saturated rings. The molecule has 0 aromatic heterocycles. The second kappa shape index (κ2) is 4.41. The molecule has 0 aromatic carbocycles. The van der Waals surface area contributed by atoms with Gasteiger partial charge in [-0.2, -0.15) is 0 Å². The van der Waals surface area contributed by atoms with Gasteiger partial charge in [0, 0.05) is 17.0 Å². The number of likely N-dealkylation sites (tertiary alicyclic amines) is 1. The third kappa shape index (κ3) is 2.90. The molecule has 0 spiro atoms. The summed E-state index contributed by atoms with van der Waals surface area (Å²) < 4.78 is 0.661. The molecule has 12 heavy (non-hydrogen) atoms. The molecule has 0 unspecified atom stereocenters. The van der Waals surface area contributed by atoms with Crippen molar-refractivity contribution in [3.8, 4) is 0 Å². The van der Waals surface area contributed by atoms with Gasteiger partial charge in [-0.05, 0) is 20.5 Å². The molecule has 1 rings (SSSR count).